The van der Waals surface area contributed by atoms with Crippen LogP contribution in [-0.4, -0.2) is 16.1 Å². The standard InChI is InChI=1S/C12H7BrN2O2S2/c1-6-10(11(16)17)19-12(15-6)18-9-4-8(13)3-2-7(9)5-14/h2-4H,1H3,(H,16,17). The summed E-state index contributed by atoms with van der Waals surface area (Å²) in [6, 6.07) is 7.43. The monoisotopic (exact) mass is 354 g/mol. The summed E-state index contributed by atoms with van der Waals surface area (Å²) in [6.07, 6.45) is 0. The summed E-state index contributed by atoms with van der Waals surface area (Å²) >= 11 is 5.76. The first kappa shape index (κ1) is 14.1. The Kier molecular flexibility index (Phi) is 4.24. The second-order valence-electron chi connectivity index (χ2n) is 3.55. The number of nitrogens with zero attached hydrogens (tertiary/aromatic N) is 2. The van der Waals surface area contributed by atoms with E-state index in [1.165, 1.54) is 11.8 Å². The summed E-state index contributed by atoms with van der Waals surface area (Å²) in [4.78, 5) is 16.2. The highest BCUT2D eigenvalue weighted by molar-refractivity contribution is 9.10. The van der Waals surface area contributed by atoms with E-state index in [9.17, 15) is 4.79 Å². The zero-order valence-corrected chi connectivity index (χ0v) is 12.9. The van der Waals surface area contributed by atoms with Crippen molar-refractivity contribution >= 4 is 45.0 Å². The number of carboxylic acid groups (broad SMARTS) is 1. The predicted molar refractivity (Wildman–Crippen MR) is 76.8 cm³/mol. The van der Waals surface area contributed by atoms with Crippen LogP contribution in [0.3, 0.4) is 0 Å². The molecule has 0 aliphatic heterocycles. The van der Waals surface area contributed by atoms with E-state index in [0.29, 0.717) is 15.6 Å². The average molecular weight is 355 g/mol. The maximum atomic E-state index is 11.0. The smallest absolute Gasteiger partial charge is 0.347 e. The zero-order chi connectivity index (χ0) is 14.0. The molecule has 0 saturated carbocycles. The quantitative estimate of drug-likeness (QED) is 0.903. The minimum absolute atomic E-state index is 0.232. The van der Waals surface area contributed by atoms with Crippen LogP contribution in [0.2, 0.25) is 0 Å². The van der Waals surface area contributed by atoms with Gasteiger partial charge < -0.3 is 5.11 Å². The largest absolute Gasteiger partial charge is 0.477 e. The fourth-order valence-electron chi connectivity index (χ4n) is 1.38. The van der Waals surface area contributed by atoms with Crippen LogP contribution in [-0.2, 0) is 0 Å². The van der Waals surface area contributed by atoms with Crippen LogP contribution in [0.15, 0.2) is 31.9 Å². The third-order valence-electron chi connectivity index (χ3n) is 2.23. The highest BCUT2D eigenvalue weighted by Gasteiger charge is 2.15. The van der Waals surface area contributed by atoms with Gasteiger partial charge in [-0.2, -0.15) is 5.26 Å². The van der Waals surface area contributed by atoms with Crippen molar-refractivity contribution in [2.45, 2.75) is 16.2 Å². The van der Waals surface area contributed by atoms with Gasteiger partial charge in [0.1, 0.15) is 10.9 Å². The van der Waals surface area contributed by atoms with Gasteiger partial charge in [0.15, 0.2) is 4.34 Å². The minimum atomic E-state index is -0.975. The van der Waals surface area contributed by atoms with E-state index in [4.69, 9.17) is 10.4 Å². The number of nitriles is 1. The second kappa shape index (κ2) is 5.74. The van der Waals surface area contributed by atoms with Gasteiger partial charge in [-0.3, -0.25) is 0 Å². The van der Waals surface area contributed by atoms with E-state index in [2.05, 4.69) is 27.0 Å². The molecular weight excluding hydrogens is 348 g/mol. The molecule has 96 valence electrons. The van der Waals surface area contributed by atoms with E-state index in [-0.39, 0.29) is 4.88 Å². The third kappa shape index (κ3) is 3.15. The maximum Gasteiger partial charge on any atom is 0.347 e. The summed E-state index contributed by atoms with van der Waals surface area (Å²) in [5.74, 6) is -0.975. The van der Waals surface area contributed by atoms with Crippen molar-refractivity contribution in [2.24, 2.45) is 0 Å². The Morgan fingerprint density at radius 1 is 1.58 bits per heavy atom. The van der Waals surface area contributed by atoms with Gasteiger partial charge >= 0.3 is 5.97 Å². The minimum Gasteiger partial charge on any atom is -0.477 e. The third-order valence-corrected chi connectivity index (χ3v) is 4.99. The Balaban J connectivity index is 2.36. The number of rotatable bonds is 3. The van der Waals surface area contributed by atoms with E-state index < -0.39 is 5.97 Å². The summed E-state index contributed by atoms with van der Waals surface area (Å²) in [5.41, 5.74) is 1.03. The molecule has 0 aliphatic carbocycles. The number of aryl methyl sites for hydroxylation is 1. The molecule has 0 fully saturated rings. The van der Waals surface area contributed by atoms with Crippen LogP contribution in [0.4, 0.5) is 0 Å². The predicted octanol–water partition coefficient (Wildman–Crippen LogP) is 3.94. The Morgan fingerprint density at radius 2 is 2.32 bits per heavy atom. The molecule has 1 N–H and O–H groups in total. The molecule has 0 unspecified atom stereocenters. The Morgan fingerprint density at radius 3 is 2.89 bits per heavy atom. The first-order chi connectivity index (χ1) is 9.01. The maximum absolute atomic E-state index is 11.0. The fraction of sp³-hybridized carbons (Fsp3) is 0.0833. The van der Waals surface area contributed by atoms with Gasteiger partial charge in [0, 0.05) is 9.37 Å². The van der Waals surface area contributed by atoms with Crippen LogP contribution < -0.4 is 0 Å². The highest BCUT2D eigenvalue weighted by atomic mass is 79.9. The van der Waals surface area contributed by atoms with Gasteiger partial charge in [0.25, 0.3) is 0 Å². The Bertz CT molecular complexity index is 692. The number of aromatic nitrogens is 1. The van der Waals surface area contributed by atoms with Gasteiger partial charge in [-0.15, -0.1) is 11.3 Å². The number of hydrogen-bond donors (Lipinski definition) is 1. The van der Waals surface area contributed by atoms with Crippen LogP contribution in [0.1, 0.15) is 20.9 Å². The van der Waals surface area contributed by atoms with Crippen molar-refractivity contribution in [1.29, 1.82) is 5.26 Å². The zero-order valence-electron chi connectivity index (χ0n) is 9.68. The van der Waals surface area contributed by atoms with Crippen LogP contribution >= 0.6 is 39.0 Å². The van der Waals surface area contributed by atoms with Gasteiger partial charge in [-0.1, -0.05) is 27.7 Å². The molecule has 0 saturated heterocycles. The highest BCUT2D eigenvalue weighted by Crippen LogP contribution is 2.35. The fourth-order valence-corrected chi connectivity index (χ4v) is 4.00. The molecule has 0 bridgehead atoms. The number of hydrogen-bond acceptors (Lipinski definition) is 5. The molecule has 0 aliphatic rings. The molecule has 1 heterocycles. The van der Waals surface area contributed by atoms with Crippen molar-refractivity contribution in [3.05, 3.63) is 38.8 Å². The van der Waals surface area contributed by atoms with Crippen molar-refractivity contribution < 1.29 is 9.90 Å². The topological polar surface area (TPSA) is 74.0 Å². The molecule has 0 radical (unpaired) electrons. The Labute approximate surface area is 126 Å². The second-order valence-corrected chi connectivity index (χ2v) is 6.76. The lowest BCUT2D eigenvalue weighted by Crippen LogP contribution is -1.94. The summed E-state index contributed by atoms with van der Waals surface area (Å²) in [5, 5.41) is 18.0. The van der Waals surface area contributed by atoms with Crippen molar-refractivity contribution in [3.63, 3.8) is 0 Å². The van der Waals surface area contributed by atoms with Gasteiger partial charge in [0.05, 0.1) is 11.3 Å². The summed E-state index contributed by atoms with van der Waals surface area (Å²) < 4.78 is 1.48. The number of carbonyl (C=O) groups is 1. The van der Waals surface area contributed by atoms with Crippen molar-refractivity contribution in [3.8, 4) is 6.07 Å². The lowest BCUT2D eigenvalue weighted by atomic mass is 10.2. The normalized spacial score (nSPS) is 10.2. The van der Waals surface area contributed by atoms with Gasteiger partial charge in [-0.05, 0) is 25.1 Å². The van der Waals surface area contributed by atoms with E-state index in [1.54, 1.807) is 19.1 Å². The summed E-state index contributed by atoms with van der Waals surface area (Å²) in [6.45, 7) is 1.66. The van der Waals surface area contributed by atoms with E-state index in [1.807, 2.05) is 6.07 Å². The SMILES string of the molecule is Cc1nc(Sc2cc(Br)ccc2C#N)sc1C(=O)O. The molecule has 2 rings (SSSR count). The van der Waals surface area contributed by atoms with Gasteiger partial charge in [-0.25, -0.2) is 9.78 Å². The number of aromatic carboxylic acids is 1. The number of carboxylic acids is 1. The van der Waals surface area contributed by atoms with Crippen molar-refractivity contribution in [1.82, 2.24) is 4.98 Å². The number of thiazole rings is 1. The summed E-state index contributed by atoms with van der Waals surface area (Å²) in [7, 11) is 0. The van der Waals surface area contributed by atoms with Crippen LogP contribution in [0.5, 0.6) is 0 Å². The van der Waals surface area contributed by atoms with E-state index >= 15 is 0 Å². The molecule has 0 spiro atoms. The molecule has 0 amide bonds. The van der Waals surface area contributed by atoms with Gasteiger partial charge in [0.2, 0.25) is 0 Å². The number of halogens is 1. The molecular formula is C12H7BrN2O2S2. The average Bonchev–Trinajstić information content (AvgIpc) is 2.71. The lowest BCUT2D eigenvalue weighted by Gasteiger charge is -2.01. The Hall–Kier alpha value is -1.36. The van der Waals surface area contributed by atoms with Crippen LogP contribution in [0.25, 0.3) is 0 Å². The van der Waals surface area contributed by atoms with Crippen LogP contribution in [0, 0.1) is 18.3 Å². The molecule has 19 heavy (non-hydrogen) atoms. The molecule has 2 aromatic rings. The van der Waals surface area contributed by atoms with E-state index in [0.717, 1.165) is 20.7 Å². The first-order valence-corrected chi connectivity index (χ1v) is 7.52. The molecule has 4 nitrogen and oxygen atoms in total. The molecule has 7 heteroatoms. The lowest BCUT2D eigenvalue weighted by molar-refractivity contribution is 0.0701. The molecule has 0 atom stereocenters. The molecule has 1 aromatic heterocycles. The molecule has 1 aromatic carbocycles. The number of benzene rings is 1. The van der Waals surface area contributed by atoms with Crippen molar-refractivity contribution in [2.75, 3.05) is 0 Å². The first-order valence-electron chi connectivity index (χ1n) is 5.09.